The summed E-state index contributed by atoms with van der Waals surface area (Å²) in [6.07, 6.45) is 0. The lowest BCUT2D eigenvalue weighted by atomic mass is 9.66. The third kappa shape index (κ3) is 2.15. The molecule has 1 radical (unpaired) electrons. The first-order valence-electron chi connectivity index (χ1n) is 9.68. The molecule has 0 fully saturated rings. The molecule has 2 aliphatic rings. The Kier molecular flexibility index (Phi) is 3.76. The maximum Gasteiger partial charge on any atom is 0.569 e. The summed E-state index contributed by atoms with van der Waals surface area (Å²) in [4.78, 5) is 0. The van der Waals surface area contributed by atoms with Crippen molar-refractivity contribution >= 4 is 19.3 Å². The third-order valence-corrected chi connectivity index (χ3v) is 6.39. The van der Waals surface area contributed by atoms with Crippen molar-refractivity contribution in [2.45, 2.75) is 5.41 Å². The Morgan fingerprint density at radius 1 is 0.767 bits per heavy atom. The average Bonchev–Trinajstić information content (AvgIpc) is 3.07. The van der Waals surface area contributed by atoms with Crippen molar-refractivity contribution in [2.75, 3.05) is 0 Å². The number of ether oxygens (including phenoxy) is 1. The van der Waals surface area contributed by atoms with Gasteiger partial charge in [0.15, 0.2) is 0 Å². The molecule has 3 nitrogen and oxygen atoms in total. The quantitative estimate of drug-likeness (QED) is 0.372. The van der Waals surface area contributed by atoms with Crippen LogP contribution in [-0.4, -0.2) is 12.7 Å². The molecule has 1 N–H and O–H groups in total. The molecule has 0 saturated heterocycles. The SMILES string of the molecule is O[B]Oc1ccc2c(c1)C1(c3ccccc3O2)c2ccccc2-c2c(Cl)cccc21. The number of hydrogen-bond donors (Lipinski definition) is 1. The second-order valence-corrected chi connectivity index (χ2v) is 7.84. The monoisotopic (exact) mass is 409 g/mol. The fourth-order valence-corrected chi connectivity index (χ4v) is 5.29. The van der Waals surface area contributed by atoms with Gasteiger partial charge in [0.1, 0.15) is 17.2 Å². The van der Waals surface area contributed by atoms with E-state index >= 15 is 0 Å². The zero-order valence-electron chi connectivity index (χ0n) is 15.8. The highest BCUT2D eigenvalue weighted by Crippen LogP contribution is 2.63. The van der Waals surface area contributed by atoms with Gasteiger partial charge in [-0.2, -0.15) is 0 Å². The van der Waals surface area contributed by atoms with Crippen molar-refractivity contribution in [1.29, 1.82) is 0 Å². The van der Waals surface area contributed by atoms with Gasteiger partial charge >= 0.3 is 7.69 Å². The van der Waals surface area contributed by atoms with Gasteiger partial charge in [-0.3, -0.25) is 0 Å². The van der Waals surface area contributed by atoms with Gasteiger partial charge in [-0.15, -0.1) is 0 Å². The lowest BCUT2D eigenvalue weighted by Crippen LogP contribution is -2.32. The first kappa shape index (κ1) is 17.6. The molecule has 1 spiro atoms. The van der Waals surface area contributed by atoms with E-state index in [9.17, 15) is 5.02 Å². The highest BCUT2D eigenvalue weighted by atomic mass is 35.5. The molecule has 4 aromatic carbocycles. The van der Waals surface area contributed by atoms with E-state index in [0.717, 1.165) is 49.9 Å². The molecule has 30 heavy (non-hydrogen) atoms. The van der Waals surface area contributed by atoms with Crippen LogP contribution in [0.5, 0.6) is 17.2 Å². The molecule has 143 valence electrons. The largest absolute Gasteiger partial charge is 0.569 e. The van der Waals surface area contributed by atoms with Gasteiger partial charge in [-0.05, 0) is 47.0 Å². The van der Waals surface area contributed by atoms with Crippen LogP contribution in [0.1, 0.15) is 22.3 Å². The fraction of sp³-hybridized carbons (Fsp3) is 0.0400. The van der Waals surface area contributed by atoms with Gasteiger partial charge in [0.25, 0.3) is 0 Å². The van der Waals surface area contributed by atoms with Crippen LogP contribution in [-0.2, 0) is 5.41 Å². The van der Waals surface area contributed by atoms with Crippen LogP contribution in [0.25, 0.3) is 11.1 Å². The van der Waals surface area contributed by atoms with E-state index in [2.05, 4.69) is 30.3 Å². The standard InChI is InChI=1S/C25H15BClO3/c27-21-10-5-9-19-24(21)16-6-1-2-7-17(16)25(19)18-8-3-4-11-22(18)29-23-13-12-15(30-26-28)14-20(23)25/h1-14,28H. The van der Waals surface area contributed by atoms with Gasteiger partial charge in [-0.25, -0.2) is 0 Å². The predicted molar refractivity (Wildman–Crippen MR) is 117 cm³/mol. The number of halogens is 1. The first-order chi connectivity index (χ1) is 14.7. The van der Waals surface area contributed by atoms with Gasteiger partial charge in [-0.1, -0.05) is 66.2 Å². The summed E-state index contributed by atoms with van der Waals surface area (Å²) < 4.78 is 11.6. The highest BCUT2D eigenvalue weighted by molar-refractivity contribution is 6.34. The summed E-state index contributed by atoms with van der Waals surface area (Å²) in [6.45, 7) is 0. The van der Waals surface area contributed by atoms with Crippen LogP contribution >= 0.6 is 11.6 Å². The Labute approximate surface area is 179 Å². The predicted octanol–water partition coefficient (Wildman–Crippen LogP) is 5.71. The summed E-state index contributed by atoms with van der Waals surface area (Å²) in [6, 6.07) is 28.2. The molecule has 6 rings (SSSR count). The number of hydrogen-bond acceptors (Lipinski definition) is 3. The van der Waals surface area contributed by atoms with E-state index in [1.165, 1.54) is 0 Å². The second kappa shape index (κ2) is 6.40. The van der Waals surface area contributed by atoms with Crippen LogP contribution in [0, 0.1) is 0 Å². The lowest BCUT2D eigenvalue weighted by Gasteiger charge is -2.39. The molecular weight excluding hydrogens is 395 g/mol. The molecule has 0 amide bonds. The summed E-state index contributed by atoms with van der Waals surface area (Å²) in [7, 11) is 0.694. The Morgan fingerprint density at radius 3 is 2.37 bits per heavy atom. The fourth-order valence-electron chi connectivity index (χ4n) is 5.02. The molecule has 1 atom stereocenters. The van der Waals surface area contributed by atoms with E-state index in [-0.39, 0.29) is 0 Å². The zero-order valence-corrected chi connectivity index (χ0v) is 16.6. The molecule has 0 bridgehead atoms. The Balaban J connectivity index is 1.81. The minimum absolute atomic E-state index is 0.534. The van der Waals surface area contributed by atoms with Crippen LogP contribution < -0.4 is 9.39 Å². The second-order valence-electron chi connectivity index (χ2n) is 7.44. The summed E-state index contributed by atoms with van der Waals surface area (Å²) in [5, 5.41) is 9.92. The van der Waals surface area contributed by atoms with Crippen LogP contribution in [0.4, 0.5) is 0 Å². The number of fused-ring (bicyclic) bond motifs is 9. The first-order valence-corrected chi connectivity index (χ1v) is 10.1. The van der Waals surface area contributed by atoms with Crippen LogP contribution in [0.2, 0.25) is 5.02 Å². The summed E-state index contributed by atoms with van der Waals surface area (Å²) in [5.41, 5.74) is 5.81. The van der Waals surface area contributed by atoms with E-state index in [0.29, 0.717) is 13.4 Å². The molecular formula is C25H15BClO3. The zero-order chi connectivity index (χ0) is 20.3. The minimum Gasteiger partial charge on any atom is -0.537 e. The molecule has 1 aliphatic carbocycles. The minimum atomic E-state index is -0.601. The lowest BCUT2D eigenvalue weighted by molar-refractivity contribution is 0.428. The van der Waals surface area contributed by atoms with Crippen molar-refractivity contribution in [3.8, 4) is 28.4 Å². The van der Waals surface area contributed by atoms with E-state index in [1.54, 1.807) is 6.07 Å². The normalized spacial score (nSPS) is 17.4. The van der Waals surface area contributed by atoms with E-state index < -0.39 is 5.41 Å². The van der Waals surface area contributed by atoms with Crippen LogP contribution in [0.15, 0.2) is 84.9 Å². The Morgan fingerprint density at radius 2 is 1.50 bits per heavy atom. The maximum absolute atomic E-state index is 9.19. The Hall–Kier alpha value is -3.21. The van der Waals surface area contributed by atoms with Crippen LogP contribution in [0.3, 0.4) is 0 Å². The van der Waals surface area contributed by atoms with Crippen molar-refractivity contribution in [3.63, 3.8) is 0 Å². The highest BCUT2D eigenvalue weighted by Gasteiger charge is 2.51. The number of rotatable bonds is 2. The number of benzene rings is 4. The molecule has 1 unspecified atom stereocenters. The maximum atomic E-state index is 9.19. The third-order valence-electron chi connectivity index (χ3n) is 6.07. The van der Waals surface area contributed by atoms with E-state index in [1.807, 2.05) is 48.5 Å². The topological polar surface area (TPSA) is 38.7 Å². The van der Waals surface area contributed by atoms with Crippen molar-refractivity contribution in [3.05, 3.63) is 112 Å². The molecule has 0 aromatic heterocycles. The Bertz CT molecular complexity index is 1320. The van der Waals surface area contributed by atoms with Gasteiger partial charge in [0.2, 0.25) is 0 Å². The molecule has 1 aliphatic heterocycles. The van der Waals surface area contributed by atoms with Gasteiger partial charge in [0.05, 0.1) is 5.41 Å². The molecule has 0 saturated carbocycles. The van der Waals surface area contributed by atoms with Gasteiger partial charge in [0, 0.05) is 21.7 Å². The van der Waals surface area contributed by atoms with E-state index in [4.69, 9.17) is 21.0 Å². The summed E-state index contributed by atoms with van der Waals surface area (Å²) >= 11 is 6.74. The molecule has 1 heterocycles. The number of para-hydroxylation sites is 1. The van der Waals surface area contributed by atoms with Crippen molar-refractivity contribution in [1.82, 2.24) is 0 Å². The molecule has 5 heteroatoms. The van der Waals surface area contributed by atoms with Crippen molar-refractivity contribution < 1.29 is 14.4 Å². The smallest absolute Gasteiger partial charge is 0.537 e. The molecule has 4 aromatic rings. The van der Waals surface area contributed by atoms with Gasteiger partial charge < -0.3 is 14.4 Å². The van der Waals surface area contributed by atoms with Crippen molar-refractivity contribution in [2.24, 2.45) is 0 Å². The summed E-state index contributed by atoms with van der Waals surface area (Å²) in [5.74, 6) is 2.10. The average molecular weight is 410 g/mol.